The maximum absolute atomic E-state index is 12.9. The van der Waals surface area contributed by atoms with E-state index in [1.54, 1.807) is 0 Å². The van der Waals surface area contributed by atoms with Gasteiger partial charge in [-0.3, -0.25) is 9.59 Å². The highest BCUT2D eigenvalue weighted by Gasteiger charge is 2.32. The number of sulfonamides is 1. The van der Waals surface area contributed by atoms with Gasteiger partial charge in [-0.2, -0.15) is 4.31 Å². The zero-order valence-corrected chi connectivity index (χ0v) is 13.4. The van der Waals surface area contributed by atoms with Gasteiger partial charge in [0.15, 0.2) is 0 Å². The zero-order valence-electron chi connectivity index (χ0n) is 12.6. The second-order valence-corrected chi connectivity index (χ2v) is 7.46. The van der Waals surface area contributed by atoms with Gasteiger partial charge >= 0.3 is 0 Å². The second kappa shape index (κ2) is 6.63. The number of nitrogens with two attached hydrogens (primary N) is 1. The van der Waals surface area contributed by atoms with Crippen LogP contribution in [0.3, 0.4) is 0 Å². The van der Waals surface area contributed by atoms with Gasteiger partial charge in [0.1, 0.15) is 5.82 Å². The smallest absolute Gasteiger partial charge is 0.253 e. The van der Waals surface area contributed by atoms with Crippen molar-refractivity contribution in [1.29, 1.82) is 0 Å². The third-order valence-corrected chi connectivity index (χ3v) is 5.00. The summed E-state index contributed by atoms with van der Waals surface area (Å²) < 4.78 is 37.5. The summed E-state index contributed by atoms with van der Waals surface area (Å²) in [4.78, 5) is 25.4. The first-order valence-electron chi connectivity index (χ1n) is 6.98. The molecule has 7 nitrogen and oxygen atoms in total. The summed E-state index contributed by atoms with van der Waals surface area (Å²) in [6.45, 7) is 0.182. The van der Waals surface area contributed by atoms with Crippen LogP contribution in [0.4, 0.5) is 4.39 Å². The Balaban J connectivity index is 2.23. The number of hydrogen-bond acceptors (Lipinski definition) is 4. The number of nitrogens with zero attached hydrogens (tertiary/aromatic N) is 2. The van der Waals surface area contributed by atoms with Crippen molar-refractivity contribution >= 4 is 21.8 Å². The minimum atomic E-state index is -3.50. The lowest BCUT2D eigenvalue weighted by molar-refractivity contribution is -0.122. The Bertz CT molecular complexity index is 705. The molecule has 1 fully saturated rings. The van der Waals surface area contributed by atoms with Crippen molar-refractivity contribution in [2.75, 3.05) is 32.4 Å². The van der Waals surface area contributed by atoms with E-state index in [1.165, 1.54) is 29.2 Å². The molecule has 0 aliphatic carbocycles. The van der Waals surface area contributed by atoms with Gasteiger partial charge in [-0.05, 0) is 24.3 Å². The van der Waals surface area contributed by atoms with Gasteiger partial charge < -0.3 is 10.6 Å². The molecular formula is C14H18FN3O4S. The number of amides is 2. The van der Waals surface area contributed by atoms with Crippen LogP contribution in [0.15, 0.2) is 24.3 Å². The Kier molecular flexibility index (Phi) is 5.00. The molecule has 1 aliphatic heterocycles. The fourth-order valence-corrected chi connectivity index (χ4v) is 3.29. The lowest BCUT2D eigenvalue weighted by Gasteiger charge is -2.22. The lowest BCUT2D eigenvalue weighted by Crippen LogP contribution is -2.41. The first kappa shape index (κ1) is 17.4. The standard InChI is InChI=1S/C14H18FN3O4S/c1-23(21,22)18-7-6-17(8-11(9-18)13(16)19)14(20)10-2-4-12(15)5-3-10/h2-5,11H,6-9H2,1H3,(H2,16,19)/t11-/m0/s1. The predicted octanol–water partition coefficient (Wildman–Crippen LogP) is -0.355. The molecule has 0 aromatic heterocycles. The monoisotopic (exact) mass is 343 g/mol. The molecule has 2 N–H and O–H groups in total. The molecule has 0 spiro atoms. The van der Waals surface area contributed by atoms with Crippen molar-refractivity contribution in [2.24, 2.45) is 11.7 Å². The Morgan fingerprint density at radius 2 is 1.78 bits per heavy atom. The van der Waals surface area contributed by atoms with Crippen molar-refractivity contribution in [2.45, 2.75) is 0 Å². The minimum Gasteiger partial charge on any atom is -0.369 e. The fourth-order valence-electron chi connectivity index (χ4n) is 2.43. The zero-order chi connectivity index (χ0) is 17.2. The molecule has 126 valence electrons. The summed E-state index contributed by atoms with van der Waals surface area (Å²) in [7, 11) is -3.50. The lowest BCUT2D eigenvalue weighted by atomic mass is 10.1. The number of hydrogen-bond donors (Lipinski definition) is 1. The van der Waals surface area contributed by atoms with E-state index in [-0.39, 0.29) is 31.7 Å². The van der Waals surface area contributed by atoms with E-state index < -0.39 is 33.6 Å². The van der Waals surface area contributed by atoms with E-state index in [4.69, 9.17) is 5.73 Å². The van der Waals surface area contributed by atoms with Crippen molar-refractivity contribution < 1.29 is 22.4 Å². The Morgan fingerprint density at radius 1 is 1.17 bits per heavy atom. The van der Waals surface area contributed by atoms with Gasteiger partial charge in [0.2, 0.25) is 15.9 Å². The van der Waals surface area contributed by atoms with E-state index in [0.29, 0.717) is 0 Å². The fraction of sp³-hybridized carbons (Fsp3) is 0.429. The van der Waals surface area contributed by atoms with Gasteiger partial charge in [0.05, 0.1) is 12.2 Å². The van der Waals surface area contributed by atoms with Gasteiger partial charge in [-0.15, -0.1) is 0 Å². The van der Waals surface area contributed by atoms with E-state index >= 15 is 0 Å². The number of benzene rings is 1. The van der Waals surface area contributed by atoms with Crippen LogP contribution in [0, 0.1) is 11.7 Å². The van der Waals surface area contributed by atoms with Crippen molar-refractivity contribution in [3.05, 3.63) is 35.6 Å². The summed E-state index contributed by atoms with van der Waals surface area (Å²) in [5, 5.41) is 0. The van der Waals surface area contributed by atoms with E-state index in [0.717, 1.165) is 10.6 Å². The first-order chi connectivity index (χ1) is 10.7. The highest BCUT2D eigenvalue weighted by atomic mass is 32.2. The maximum atomic E-state index is 12.9. The Hall–Kier alpha value is -2.00. The van der Waals surface area contributed by atoms with Gasteiger partial charge in [0, 0.05) is 31.7 Å². The third kappa shape index (κ3) is 4.26. The van der Waals surface area contributed by atoms with E-state index in [9.17, 15) is 22.4 Å². The number of primary amides is 1. The van der Waals surface area contributed by atoms with E-state index in [1.807, 2.05) is 0 Å². The quantitative estimate of drug-likeness (QED) is 0.810. The van der Waals surface area contributed by atoms with Gasteiger partial charge in [0.25, 0.3) is 5.91 Å². The largest absolute Gasteiger partial charge is 0.369 e. The average Bonchev–Trinajstić information content (AvgIpc) is 2.70. The number of carbonyl (C=O) groups excluding carboxylic acids is 2. The van der Waals surface area contributed by atoms with Crippen molar-refractivity contribution in [1.82, 2.24) is 9.21 Å². The molecule has 2 amide bonds. The molecule has 0 unspecified atom stereocenters. The summed E-state index contributed by atoms with van der Waals surface area (Å²) >= 11 is 0. The highest BCUT2D eigenvalue weighted by molar-refractivity contribution is 7.88. The predicted molar refractivity (Wildman–Crippen MR) is 81.4 cm³/mol. The van der Waals surface area contributed by atoms with Gasteiger partial charge in [-0.25, -0.2) is 12.8 Å². The molecule has 2 rings (SSSR count). The average molecular weight is 343 g/mol. The van der Waals surface area contributed by atoms with Crippen molar-refractivity contribution in [3.63, 3.8) is 0 Å². The van der Waals surface area contributed by atoms with Crippen molar-refractivity contribution in [3.8, 4) is 0 Å². The van der Waals surface area contributed by atoms with Crippen LogP contribution in [0.5, 0.6) is 0 Å². The molecule has 1 aromatic carbocycles. The first-order valence-corrected chi connectivity index (χ1v) is 8.82. The summed E-state index contributed by atoms with van der Waals surface area (Å²) in [6, 6.07) is 5.02. The van der Waals surface area contributed by atoms with Crippen LogP contribution in [-0.2, 0) is 14.8 Å². The molecule has 1 heterocycles. The SMILES string of the molecule is CS(=O)(=O)N1CCN(C(=O)c2ccc(F)cc2)C[C@H](C(N)=O)C1. The number of carbonyl (C=O) groups is 2. The Morgan fingerprint density at radius 3 is 2.30 bits per heavy atom. The third-order valence-electron chi connectivity index (χ3n) is 3.73. The topological polar surface area (TPSA) is 101 Å². The van der Waals surface area contributed by atoms with Gasteiger partial charge in [-0.1, -0.05) is 0 Å². The highest BCUT2D eigenvalue weighted by Crippen LogP contribution is 2.15. The molecule has 1 aromatic rings. The molecule has 23 heavy (non-hydrogen) atoms. The number of halogens is 1. The van der Waals surface area contributed by atoms with Crippen LogP contribution in [0.25, 0.3) is 0 Å². The number of rotatable bonds is 3. The Labute approximate surface area is 133 Å². The van der Waals surface area contributed by atoms with E-state index in [2.05, 4.69) is 0 Å². The van der Waals surface area contributed by atoms with Crippen LogP contribution in [0.2, 0.25) is 0 Å². The normalized spacial score (nSPS) is 20.1. The molecule has 9 heteroatoms. The van der Waals surface area contributed by atoms with Crippen LogP contribution < -0.4 is 5.73 Å². The maximum Gasteiger partial charge on any atom is 0.253 e. The molecule has 1 atom stereocenters. The molecule has 1 saturated heterocycles. The summed E-state index contributed by atoms with van der Waals surface area (Å²) in [5.74, 6) is -2.32. The van der Waals surface area contributed by atoms with Crippen LogP contribution in [-0.4, -0.2) is 61.9 Å². The molecule has 0 saturated carbocycles. The second-order valence-electron chi connectivity index (χ2n) is 5.48. The minimum absolute atomic E-state index is 0.0254. The van der Waals surface area contributed by atoms with Crippen LogP contribution in [0.1, 0.15) is 10.4 Å². The molecule has 0 bridgehead atoms. The molecule has 1 aliphatic rings. The summed E-state index contributed by atoms with van der Waals surface area (Å²) in [5.41, 5.74) is 5.58. The molecular weight excluding hydrogens is 325 g/mol. The summed E-state index contributed by atoms with van der Waals surface area (Å²) in [6.07, 6.45) is 1.04. The molecule has 0 radical (unpaired) electrons. The van der Waals surface area contributed by atoms with Crippen LogP contribution >= 0.6 is 0 Å².